The molecule has 5 nitrogen and oxygen atoms in total. The van der Waals surface area contributed by atoms with Crippen LogP contribution in [0.4, 0.5) is 5.13 Å². The highest BCUT2D eigenvalue weighted by molar-refractivity contribution is 7.09. The molecular weight excluding hydrogens is 274 g/mol. The molecule has 1 aromatic heterocycles. The number of aromatic nitrogens is 2. The fraction of sp³-hybridized carbons (Fsp3) is 0.429. The van der Waals surface area contributed by atoms with E-state index in [0.717, 1.165) is 10.7 Å². The maximum atomic E-state index is 5.29. The number of nitrogens with zero attached hydrogens (tertiary/aromatic N) is 2. The van der Waals surface area contributed by atoms with Gasteiger partial charge in [-0.25, -0.2) is 0 Å². The third-order valence-electron chi connectivity index (χ3n) is 2.55. The predicted octanol–water partition coefficient (Wildman–Crippen LogP) is 3.43. The Morgan fingerprint density at radius 3 is 2.40 bits per heavy atom. The summed E-state index contributed by atoms with van der Waals surface area (Å²) < 4.78 is 14.9. The number of methoxy groups -OCH3 is 2. The van der Waals surface area contributed by atoms with Crippen molar-refractivity contribution in [2.24, 2.45) is 0 Å². The zero-order valence-electron chi connectivity index (χ0n) is 12.4. The number of ether oxygens (including phenoxy) is 2. The monoisotopic (exact) mass is 293 g/mol. The molecule has 20 heavy (non-hydrogen) atoms. The number of hydrogen-bond acceptors (Lipinski definition) is 6. The van der Waals surface area contributed by atoms with E-state index in [0.29, 0.717) is 17.3 Å². The van der Waals surface area contributed by atoms with E-state index >= 15 is 0 Å². The topological polar surface area (TPSA) is 56.3 Å². The predicted molar refractivity (Wildman–Crippen MR) is 81.8 cm³/mol. The second-order valence-electron chi connectivity index (χ2n) is 5.37. The first-order valence-corrected chi connectivity index (χ1v) is 7.04. The summed E-state index contributed by atoms with van der Waals surface area (Å²) in [4.78, 5) is 4.50. The molecule has 0 fully saturated rings. The van der Waals surface area contributed by atoms with Gasteiger partial charge >= 0.3 is 0 Å². The Morgan fingerprint density at radius 1 is 1.10 bits per heavy atom. The van der Waals surface area contributed by atoms with Gasteiger partial charge in [-0.05, 0) is 39.0 Å². The van der Waals surface area contributed by atoms with Crippen molar-refractivity contribution in [1.82, 2.24) is 9.36 Å². The first kappa shape index (κ1) is 14.6. The van der Waals surface area contributed by atoms with Crippen molar-refractivity contribution in [3.63, 3.8) is 0 Å². The molecule has 1 aromatic carbocycles. The summed E-state index contributed by atoms with van der Waals surface area (Å²) in [6, 6.07) is 5.65. The van der Waals surface area contributed by atoms with E-state index in [4.69, 9.17) is 9.47 Å². The van der Waals surface area contributed by atoms with E-state index in [1.807, 2.05) is 18.2 Å². The van der Waals surface area contributed by atoms with E-state index in [1.54, 1.807) is 14.2 Å². The lowest BCUT2D eigenvalue weighted by atomic mass is 10.1. The van der Waals surface area contributed by atoms with Gasteiger partial charge in [-0.3, -0.25) is 0 Å². The maximum Gasteiger partial charge on any atom is 0.203 e. The molecule has 0 aliphatic rings. The molecule has 108 valence electrons. The molecule has 0 amide bonds. The lowest BCUT2D eigenvalue weighted by molar-refractivity contribution is 0.355. The highest BCUT2D eigenvalue weighted by Crippen LogP contribution is 2.32. The Bertz CT molecular complexity index is 590. The van der Waals surface area contributed by atoms with Crippen molar-refractivity contribution in [2.45, 2.75) is 26.3 Å². The minimum absolute atomic E-state index is 0.0333. The van der Waals surface area contributed by atoms with Gasteiger partial charge in [0.2, 0.25) is 5.13 Å². The Morgan fingerprint density at radius 2 is 1.80 bits per heavy atom. The molecule has 6 heteroatoms. The van der Waals surface area contributed by atoms with Gasteiger partial charge in [0, 0.05) is 22.6 Å². The second kappa shape index (κ2) is 5.66. The summed E-state index contributed by atoms with van der Waals surface area (Å²) in [5.74, 6) is 2.05. The maximum absolute atomic E-state index is 5.29. The van der Waals surface area contributed by atoms with Gasteiger partial charge < -0.3 is 14.8 Å². The van der Waals surface area contributed by atoms with E-state index in [9.17, 15) is 0 Å². The molecule has 0 aliphatic carbocycles. The van der Waals surface area contributed by atoms with Crippen LogP contribution in [-0.2, 0) is 0 Å². The minimum Gasteiger partial charge on any atom is -0.493 e. The molecule has 0 saturated heterocycles. The van der Waals surface area contributed by atoms with Crippen molar-refractivity contribution in [1.29, 1.82) is 0 Å². The van der Waals surface area contributed by atoms with Crippen LogP contribution in [-0.4, -0.2) is 29.1 Å². The number of benzene rings is 1. The van der Waals surface area contributed by atoms with Gasteiger partial charge in [-0.15, -0.1) is 0 Å². The van der Waals surface area contributed by atoms with E-state index in [2.05, 4.69) is 35.4 Å². The van der Waals surface area contributed by atoms with Crippen LogP contribution in [0.25, 0.3) is 11.4 Å². The van der Waals surface area contributed by atoms with Gasteiger partial charge in [-0.2, -0.15) is 9.36 Å². The molecule has 0 spiro atoms. The highest BCUT2D eigenvalue weighted by Gasteiger charge is 2.14. The fourth-order valence-corrected chi connectivity index (χ4v) is 2.49. The Hall–Kier alpha value is -1.82. The first-order chi connectivity index (χ1) is 9.43. The summed E-state index contributed by atoms with van der Waals surface area (Å²) >= 11 is 1.35. The third-order valence-corrected chi connectivity index (χ3v) is 3.18. The van der Waals surface area contributed by atoms with Crippen LogP contribution < -0.4 is 14.8 Å². The summed E-state index contributed by atoms with van der Waals surface area (Å²) in [6.07, 6.45) is 0. The van der Waals surface area contributed by atoms with Gasteiger partial charge in [0.1, 0.15) is 0 Å². The summed E-state index contributed by atoms with van der Waals surface area (Å²) in [5.41, 5.74) is 0.870. The Labute approximate surface area is 123 Å². The largest absolute Gasteiger partial charge is 0.493 e. The first-order valence-electron chi connectivity index (χ1n) is 6.27. The molecule has 0 aliphatic heterocycles. The molecule has 0 saturated carbocycles. The third kappa shape index (κ3) is 3.39. The van der Waals surface area contributed by atoms with Crippen molar-refractivity contribution in [3.8, 4) is 22.9 Å². The normalized spacial score (nSPS) is 11.2. The molecule has 0 bridgehead atoms. The van der Waals surface area contributed by atoms with Crippen LogP contribution in [0.1, 0.15) is 20.8 Å². The van der Waals surface area contributed by atoms with Crippen LogP contribution >= 0.6 is 11.5 Å². The molecule has 1 N–H and O–H groups in total. The van der Waals surface area contributed by atoms with E-state index in [1.165, 1.54) is 11.5 Å². The minimum atomic E-state index is -0.0333. The summed E-state index contributed by atoms with van der Waals surface area (Å²) in [7, 11) is 3.23. The zero-order chi connectivity index (χ0) is 14.8. The van der Waals surface area contributed by atoms with Crippen LogP contribution in [0.2, 0.25) is 0 Å². The fourth-order valence-electron chi connectivity index (χ4n) is 1.69. The van der Waals surface area contributed by atoms with Crippen molar-refractivity contribution in [2.75, 3.05) is 19.5 Å². The quantitative estimate of drug-likeness (QED) is 0.936. The highest BCUT2D eigenvalue weighted by atomic mass is 32.1. The van der Waals surface area contributed by atoms with Gasteiger partial charge in [0.15, 0.2) is 17.3 Å². The van der Waals surface area contributed by atoms with Crippen LogP contribution in [0, 0.1) is 0 Å². The Balaban J connectivity index is 2.28. The number of rotatable bonds is 4. The second-order valence-corrected chi connectivity index (χ2v) is 6.12. The molecule has 2 rings (SSSR count). The van der Waals surface area contributed by atoms with E-state index < -0.39 is 0 Å². The van der Waals surface area contributed by atoms with Crippen molar-refractivity contribution >= 4 is 16.7 Å². The lowest BCUT2D eigenvalue weighted by Gasteiger charge is -2.18. The van der Waals surface area contributed by atoms with Gasteiger partial charge in [-0.1, -0.05) is 0 Å². The lowest BCUT2D eigenvalue weighted by Crippen LogP contribution is -2.25. The smallest absolute Gasteiger partial charge is 0.203 e. The van der Waals surface area contributed by atoms with E-state index in [-0.39, 0.29) is 5.54 Å². The van der Waals surface area contributed by atoms with Crippen LogP contribution in [0.15, 0.2) is 18.2 Å². The van der Waals surface area contributed by atoms with Crippen molar-refractivity contribution in [3.05, 3.63) is 18.2 Å². The molecule has 0 radical (unpaired) electrons. The number of nitrogens with one attached hydrogen (secondary N) is 1. The molecule has 0 unspecified atom stereocenters. The van der Waals surface area contributed by atoms with Gasteiger partial charge in [0.25, 0.3) is 0 Å². The van der Waals surface area contributed by atoms with Crippen molar-refractivity contribution < 1.29 is 9.47 Å². The zero-order valence-corrected chi connectivity index (χ0v) is 13.2. The van der Waals surface area contributed by atoms with Crippen LogP contribution in [0.5, 0.6) is 11.5 Å². The molecular formula is C14H19N3O2S. The average molecular weight is 293 g/mol. The molecule has 1 heterocycles. The summed E-state index contributed by atoms with van der Waals surface area (Å²) in [6.45, 7) is 6.26. The van der Waals surface area contributed by atoms with Crippen LogP contribution in [0.3, 0.4) is 0 Å². The summed E-state index contributed by atoms with van der Waals surface area (Å²) in [5, 5.41) is 4.12. The number of hydrogen-bond donors (Lipinski definition) is 1. The molecule has 0 atom stereocenters. The number of anilines is 1. The standard InChI is InChI=1S/C14H19N3O2S/c1-14(2,3)16-13-15-12(17-20-13)9-6-7-10(18-4)11(8-9)19-5/h6-8H,1-5H3,(H,15,16,17). The Kier molecular flexibility index (Phi) is 4.13. The SMILES string of the molecule is COc1ccc(-c2nsc(NC(C)(C)C)n2)cc1OC. The molecule has 2 aromatic rings. The van der Waals surface area contributed by atoms with Gasteiger partial charge in [0.05, 0.1) is 14.2 Å². The average Bonchev–Trinajstić information content (AvgIpc) is 2.84.